The lowest BCUT2D eigenvalue weighted by molar-refractivity contribution is -0.114. The van der Waals surface area contributed by atoms with Crippen molar-refractivity contribution in [3.8, 4) is 11.4 Å². The topological polar surface area (TPSA) is 70.7 Å². The second-order valence-electron chi connectivity index (χ2n) is 6.80. The number of hydrogen-bond donors (Lipinski definition) is 1. The number of thioether (sulfide) groups is 1. The van der Waals surface area contributed by atoms with Gasteiger partial charge in [0.1, 0.15) is 11.6 Å². The molecular formula is C21H19ClN4O2S. The van der Waals surface area contributed by atoms with E-state index in [9.17, 15) is 4.79 Å². The normalized spacial score (nSPS) is 17.6. The summed E-state index contributed by atoms with van der Waals surface area (Å²) in [7, 11) is 1.58. The van der Waals surface area contributed by atoms with E-state index in [0.717, 1.165) is 27.5 Å². The summed E-state index contributed by atoms with van der Waals surface area (Å²) in [4.78, 5) is 19.3. The van der Waals surface area contributed by atoms with Crippen molar-refractivity contribution in [1.29, 1.82) is 5.41 Å². The summed E-state index contributed by atoms with van der Waals surface area (Å²) in [6.07, 6.45) is 3.57. The Morgan fingerprint density at radius 3 is 2.69 bits per heavy atom. The number of aryl methyl sites for hydroxylation is 1. The van der Waals surface area contributed by atoms with Gasteiger partial charge in [0.2, 0.25) is 0 Å². The molecule has 29 heavy (non-hydrogen) atoms. The fourth-order valence-corrected chi connectivity index (χ4v) is 4.55. The number of methoxy groups -OCH3 is 1. The molecule has 8 heteroatoms. The van der Waals surface area contributed by atoms with Gasteiger partial charge < -0.3 is 9.30 Å². The van der Waals surface area contributed by atoms with Gasteiger partial charge in [-0.3, -0.25) is 15.1 Å². The highest BCUT2D eigenvalue weighted by Gasteiger charge is 2.33. The number of amidine groups is 2. The van der Waals surface area contributed by atoms with Crippen LogP contribution in [0.15, 0.2) is 45.9 Å². The number of nitrogens with one attached hydrogen (secondary N) is 1. The number of carbonyl (C=O) groups excluding carboxylic acids is 1. The number of aliphatic imine (C=N–C) groups is 1. The molecule has 0 saturated heterocycles. The number of rotatable bonds is 3. The van der Waals surface area contributed by atoms with Gasteiger partial charge in [0, 0.05) is 28.2 Å². The fraction of sp³-hybridized carbons (Fsp3) is 0.190. The van der Waals surface area contributed by atoms with Crippen LogP contribution in [0.2, 0.25) is 5.02 Å². The monoisotopic (exact) mass is 426 g/mol. The highest BCUT2D eigenvalue weighted by atomic mass is 35.5. The van der Waals surface area contributed by atoms with Crippen LogP contribution in [-0.4, -0.2) is 33.5 Å². The highest BCUT2D eigenvalue weighted by Crippen LogP contribution is 2.34. The summed E-state index contributed by atoms with van der Waals surface area (Å²) in [6.45, 7) is 5.89. The number of amides is 1. The van der Waals surface area contributed by atoms with Crippen molar-refractivity contribution in [2.75, 3.05) is 7.11 Å². The molecule has 0 atom stereocenters. The smallest absolute Gasteiger partial charge is 0.283 e. The molecule has 0 unspecified atom stereocenters. The van der Waals surface area contributed by atoms with E-state index in [2.05, 4.69) is 9.56 Å². The molecule has 2 aliphatic heterocycles. The number of fused-ring (bicyclic) bond motifs is 1. The van der Waals surface area contributed by atoms with Crippen molar-refractivity contribution in [3.05, 3.63) is 62.9 Å². The number of ether oxygens (including phenoxy) is 1. The third kappa shape index (κ3) is 3.30. The molecular weight excluding hydrogens is 408 g/mol. The first-order chi connectivity index (χ1) is 13.8. The van der Waals surface area contributed by atoms with E-state index in [4.69, 9.17) is 21.7 Å². The zero-order chi connectivity index (χ0) is 20.9. The molecule has 0 bridgehead atoms. The number of hydrogen-bond acceptors (Lipinski definition) is 4. The summed E-state index contributed by atoms with van der Waals surface area (Å²) < 4.78 is 7.29. The van der Waals surface area contributed by atoms with Crippen LogP contribution in [0.1, 0.15) is 23.9 Å². The Balaban J connectivity index is 1.76. The minimum Gasteiger partial charge on any atom is -0.495 e. The molecule has 0 fully saturated rings. The minimum absolute atomic E-state index is 0.140. The predicted molar refractivity (Wildman–Crippen MR) is 118 cm³/mol. The van der Waals surface area contributed by atoms with Crippen LogP contribution in [0, 0.1) is 19.3 Å². The third-order valence-corrected chi connectivity index (χ3v) is 6.05. The maximum absolute atomic E-state index is 12.5. The zero-order valence-electron chi connectivity index (χ0n) is 16.4. The highest BCUT2D eigenvalue weighted by molar-refractivity contribution is 8.17. The summed E-state index contributed by atoms with van der Waals surface area (Å²) in [5, 5.41) is 9.53. The Morgan fingerprint density at radius 1 is 1.24 bits per heavy atom. The SMILES string of the molecule is COc1ccc(-n2c(C)cc(C=C3C(=N)N4C=C(C)SC4=NC3=O)c2C)cc1Cl. The summed E-state index contributed by atoms with van der Waals surface area (Å²) in [6, 6.07) is 7.59. The van der Waals surface area contributed by atoms with Crippen molar-refractivity contribution in [3.63, 3.8) is 0 Å². The first-order valence-electron chi connectivity index (χ1n) is 8.92. The average molecular weight is 427 g/mol. The Morgan fingerprint density at radius 2 is 2.00 bits per heavy atom. The molecule has 6 nitrogen and oxygen atoms in total. The van der Waals surface area contributed by atoms with Crippen LogP contribution in [0.25, 0.3) is 11.8 Å². The standard InChI is InChI=1S/C21H19ClN4O2S/c1-11-7-14(13(3)26(11)15-5-6-18(28-4)17(22)9-15)8-16-19(23)25-10-12(2)29-21(25)24-20(16)27/h5-10,23H,1-4H3. The number of benzene rings is 1. The van der Waals surface area contributed by atoms with Gasteiger partial charge in [-0.05, 0) is 56.7 Å². The van der Waals surface area contributed by atoms with Crippen LogP contribution >= 0.6 is 23.4 Å². The van der Waals surface area contributed by atoms with Gasteiger partial charge in [-0.1, -0.05) is 23.4 Å². The Bertz CT molecular complexity index is 1160. The van der Waals surface area contributed by atoms with E-state index in [1.54, 1.807) is 18.1 Å². The van der Waals surface area contributed by atoms with Crippen LogP contribution in [0.4, 0.5) is 0 Å². The molecule has 0 spiro atoms. The molecule has 2 aromatic rings. The van der Waals surface area contributed by atoms with Gasteiger partial charge in [-0.15, -0.1) is 0 Å². The van der Waals surface area contributed by atoms with Crippen LogP contribution in [-0.2, 0) is 4.79 Å². The molecule has 148 valence electrons. The summed E-state index contributed by atoms with van der Waals surface area (Å²) in [5.74, 6) is 0.359. The first-order valence-corrected chi connectivity index (χ1v) is 10.1. The van der Waals surface area contributed by atoms with Crippen molar-refractivity contribution in [2.24, 2.45) is 4.99 Å². The summed E-state index contributed by atoms with van der Waals surface area (Å²) >= 11 is 7.70. The van der Waals surface area contributed by atoms with E-state index in [0.29, 0.717) is 15.9 Å². The number of halogens is 1. The zero-order valence-corrected chi connectivity index (χ0v) is 18.0. The lowest BCUT2D eigenvalue weighted by Crippen LogP contribution is -2.35. The maximum Gasteiger partial charge on any atom is 0.283 e. The third-order valence-electron chi connectivity index (χ3n) is 4.86. The number of carbonyl (C=O) groups is 1. The predicted octanol–water partition coefficient (Wildman–Crippen LogP) is 4.92. The first kappa shape index (κ1) is 19.5. The molecule has 0 radical (unpaired) electrons. The second-order valence-corrected chi connectivity index (χ2v) is 8.42. The largest absolute Gasteiger partial charge is 0.495 e. The van der Waals surface area contributed by atoms with Crippen molar-refractivity contribution >= 4 is 46.3 Å². The molecule has 0 saturated carbocycles. The molecule has 3 heterocycles. The van der Waals surface area contributed by atoms with Gasteiger partial charge in [0.25, 0.3) is 5.91 Å². The van der Waals surface area contributed by atoms with Crippen LogP contribution in [0.3, 0.4) is 0 Å². The lowest BCUT2D eigenvalue weighted by Gasteiger charge is -2.22. The molecule has 2 aliphatic rings. The molecule has 4 rings (SSSR count). The summed E-state index contributed by atoms with van der Waals surface area (Å²) in [5.41, 5.74) is 3.95. The van der Waals surface area contributed by atoms with Crippen LogP contribution in [0.5, 0.6) is 5.75 Å². The van der Waals surface area contributed by atoms with E-state index >= 15 is 0 Å². The van der Waals surface area contributed by atoms with Gasteiger partial charge >= 0.3 is 0 Å². The molecule has 0 aliphatic carbocycles. The number of aromatic nitrogens is 1. The Kier molecular flexibility index (Phi) is 4.88. The van der Waals surface area contributed by atoms with E-state index in [1.165, 1.54) is 11.8 Å². The molecule has 1 N–H and O–H groups in total. The van der Waals surface area contributed by atoms with E-state index in [-0.39, 0.29) is 11.4 Å². The van der Waals surface area contributed by atoms with Crippen molar-refractivity contribution in [2.45, 2.75) is 20.8 Å². The van der Waals surface area contributed by atoms with Gasteiger partial charge in [-0.2, -0.15) is 4.99 Å². The second kappa shape index (κ2) is 7.24. The molecule has 1 aromatic carbocycles. The fourth-order valence-electron chi connectivity index (χ4n) is 3.48. The number of allylic oxidation sites excluding steroid dienone is 1. The Hall–Kier alpha value is -2.77. The van der Waals surface area contributed by atoms with E-state index < -0.39 is 5.91 Å². The molecule has 1 amide bonds. The van der Waals surface area contributed by atoms with Gasteiger partial charge in [0.15, 0.2) is 5.17 Å². The van der Waals surface area contributed by atoms with Crippen molar-refractivity contribution in [1.82, 2.24) is 9.47 Å². The quantitative estimate of drug-likeness (QED) is 0.707. The lowest BCUT2D eigenvalue weighted by atomic mass is 10.1. The Labute approximate surface area is 178 Å². The minimum atomic E-state index is -0.394. The van der Waals surface area contributed by atoms with Gasteiger partial charge in [-0.25, -0.2) is 0 Å². The maximum atomic E-state index is 12.5. The number of nitrogens with zero attached hydrogens (tertiary/aromatic N) is 3. The van der Waals surface area contributed by atoms with Crippen molar-refractivity contribution < 1.29 is 9.53 Å². The van der Waals surface area contributed by atoms with Gasteiger partial charge in [0.05, 0.1) is 17.7 Å². The average Bonchev–Trinajstić information content (AvgIpc) is 3.17. The van der Waals surface area contributed by atoms with Crippen LogP contribution < -0.4 is 4.74 Å². The molecule has 1 aromatic heterocycles. The van der Waals surface area contributed by atoms with E-state index in [1.807, 2.05) is 51.2 Å².